The van der Waals surface area contributed by atoms with Gasteiger partial charge in [0.15, 0.2) is 5.76 Å². The van der Waals surface area contributed by atoms with Crippen molar-refractivity contribution in [1.82, 2.24) is 0 Å². The Kier molecular flexibility index (Phi) is 3.29. The standard InChI is InChI=1S/C6H4.C5H8O3/c1-2-5-4-6(5)3-1;1-4(7-2)5(6)8-3/h1-4H;1H2,2-3H3. The first-order chi connectivity index (χ1) is 6.69. The van der Waals surface area contributed by atoms with Crippen molar-refractivity contribution in [2.24, 2.45) is 0 Å². The van der Waals surface area contributed by atoms with E-state index in [0.717, 1.165) is 0 Å². The van der Waals surface area contributed by atoms with Crippen LogP contribution in [0.4, 0.5) is 0 Å². The Morgan fingerprint density at radius 2 is 1.79 bits per heavy atom. The van der Waals surface area contributed by atoms with Crippen molar-refractivity contribution < 1.29 is 14.3 Å². The molecule has 0 aliphatic heterocycles. The van der Waals surface area contributed by atoms with Crippen LogP contribution in [0.3, 0.4) is 0 Å². The topological polar surface area (TPSA) is 35.5 Å². The van der Waals surface area contributed by atoms with Crippen LogP contribution in [-0.2, 0) is 14.3 Å². The van der Waals surface area contributed by atoms with Gasteiger partial charge in [-0.2, -0.15) is 0 Å². The average molecular weight is 192 g/mol. The van der Waals surface area contributed by atoms with Crippen molar-refractivity contribution in [1.29, 1.82) is 0 Å². The summed E-state index contributed by atoms with van der Waals surface area (Å²) in [6.45, 7) is 3.25. The van der Waals surface area contributed by atoms with Gasteiger partial charge in [0.1, 0.15) is 0 Å². The molecule has 3 nitrogen and oxygen atoms in total. The summed E-state index contributed by atoms with van der Waals surface area (Å²) >= 11 is 0. The Morgan fingerprint density at radius 1 is 1.21 bits per heavy atom. The van der Waals surface area contributed by atoms with Gasteiger partial charge in [0, 0.05) is 0 Å². The fourth-order valence-corrected chi connectivity index (χ4v) is 0.873. The highest BCUT2D eigenvalue weighted by molar-refractivity contribution is 5.85. The number of hydrogen-bond acceptors (Lipinski definition) is 3. The molecule has 0 heterocycles. The highest BCUT2D eigenvalue weighted by Crippen LogP contribution is 2.32. The molecular formula is C11H12O3. The molecule has 3 heteroatoms. The molecule has 0 fully saturated rings. The van der Waals surface area contributed by atoms with Crippen LogP contribution in [0.25, 0.3) is 11.1 Å². The van der Waals surface area contributed by atoms with E-state index in [4.69, 9.17) is 0 Å². The summed E-state index contributed by atoms with van der Waals surface area (Å²) in [5.41, 5.74) is 2.85. The summed E-state index contributed by atoms with van der Waals surface area (Å²) in [6.07, 6.45) is 0. The van der Waals surface area contributed by atoms with Gasteiger partial charge in [-0.25, -0.2) is 4.79 Å². The molecule has 2 aliphatic rings. The molecule has 0 aromatic carbocycles. The third-order valence-electron chi connectivity index (χ3n) is 1.77. The second-order valence-corrected chi connectivity index (χ2v) is 2.70. The Hall–Kier alpha value is -1.77. The van der Waals surface area contributed by atoms with E-state index in [0.29, 0.717) is 0 Å². The van der Waals surface area contributed by atoms with Crippen LogP contribution in [0.1, 0.15) is 0 Å². The zero-order chi connectivity index (χ0) is 10.6. The zero-order valence-corrected chi connectivity index (χ0v) is 8.24. The minimum Gasteiger partial charge on any atom is -0.490 e. The van der Waals surface area contributed by atoms with Crippen LogP contribution < -0.4 is 0 Å². The maximum absolute atomic E-state index is 10.3. The molecule has 0 radical (unpaired) electrons. The number of ether oxygens (including phenoxy) is 2. The molecule has 0 saturated heterocycles. The number of hydrogen-bond donors (Lipinski definition) is 0. The number of benzene rings is 1. The zero-order valence-electron chi connectivity index (χ0n) is 8.24. The predicted molar refractivity (Wildman–Crippen MR) is 53.6 cm³/mol. The van der Waals surface area contributed by atoms with Crippen molar-refractivity contribution in [3.63, 3.8) is 0 Å². The molecule has 0 bridgehead atoms. The first-order valence-electron chi connectivity index (χ1n) is 4.10. The SMILES string of the molecule is C=C(OC)C(=O)OC.c1cc2cc-2c1. The maximum atomic E-state index is 10.3. The van der Waals surface area contributed by atoms with Crippen LogP contribution in [0.5, 0.6) is 0 Å². The molecule has 74 valence electrons. The second kappa shape index (κ2) is 4.46. The van der Waals surface area contributed by atoms with Gasteiger partial charge < -0.3 is 9.47 Å². The van der Waals surface area contributed by atoms with Crippen molar-refractivity contribution >= 4 is 5.97 Å². The average Bonchev–Trinajstić information content (AvgIpc) is 2.84. The number of methoxy groups -OCH3 is 2. The van der Waals surface area contributed by atoms with E-state index in [-0.39, 0.29) is 5.76 Å². The number of rotatable bonds is 2. The molecule has 0 N–H and O–H groups in total. The van der Waals surface area contributed by atoms with Crippen molar-refractivity contribution in [2.75, 3.05) is 14.2 Å². The van der Waals surface area contributed by atoms with E-state index in [1.54, 1.807) is 0 Å². The fraction of sp³-hybridized carbons (Fsp3) is 0.182. The van der Waals surface area contributed by atoms with Crippen molar-refractivity contribution in [3.8, 4) is 11.1 Å². The molecule has 0 amide bonds. The summed E-state index contributed by atoms with van der Waals surface area (Å²) < 4.78 is 8.67. The second-order valence-electron chi connectivity index (χ2n) is 2.70. The van der Waals surface area contributed by atoms with E-state index in [1.165, 1.54) is 25.3 Å². The minimum absolute atomic E-state index is 0.0208. The van der Waals surface area contributed by atoms with E-state index < -0.39 is 5.97 Å². The van der Waals surface area contributed by atoms with Gasteiger partial charge in [0.2, 0.25) is 0 Å². The van der Waals surface area contributed by atoms with Crippen molar-refractivity contribution in [2.45, 2.75) is 0 Å². The highest BCUT2D eigenvalue weighted by atomic mass is 16.6. The molecule has 0 spiro atoms. The van der Waals surface area contributed by atoms with E-state index in [2.05, 4.69) is 40.3 Å². The lowest BCUT2D eigenvalue weighted by molar-refractivity contribution is -0.139. The third-order valence-corrected chi connectivity index (χ3v) is 1.77. The number of carbonyl (C=O) groups is 1. The maximum Gasteiger partial charge on any atom is 0.372 e. The minimum atomic E-state index is -0.535. The first kappa shape index (κ1) is 10.3. The van der Waals surface area contributed by atoms with Crippen LogP contribution in [-0.4, -0.2) is 20.2 Å². The number of esters is 1. The molecule has 2 rings (SSSR count). The molecule has 0 atom stereocenters. The summed E-state index contributed by atoms with van der Waals surface area (Å²) in [5, 5.41) is 0. The smallest absolute Gasteiger partial charge is 0.372 e. The van der Waals surface area contributed by atoms with Gasteiger partial charge in [-0.1, -0.05) is 18.2 Å². The predicted octanol–water partition coefficient (Wildman–Crippen LogP) is 1.99. The van der Waals surface area contributed by atoms with Crippen LogP contribution in [0.2, 0.25) is 0 Å². The van der Waals surface area contributed by atoms with E-state index >= 15 is 0 Å². The van der Waals surface area contributed by atoms with E-state index in [1.807, 2.05) is 0 Å². The largest absolute Gasteiger partial charge is 0.490 e. The van der Waals surface area contributed by atoms with Gasteiger partial charge >= 0.3 is 5.97 Å². The van der Waals surface area contributed by atoms with E-state index in [9.17, 15) is 4.79 Å². The quantitative estimate of drug-likeness (QED) is 0.414. The Balaban J connectivity index is 0.000000143. The first-order valence-corrected chi connectivity index (χ1v) is 4.10. The lowest BCUT2D eigenvalue weighted by atomic mass is 10.6. The normalized spacial score (nSPS) is 9.29. The summed E-state index contributed by atoms with van der Waals surface area (Å²) in [4.78, 5) is 10.3. The summed E-state index contributed by atoms with van der Waals surface area (Å²) in [5.74, 6) is -0.514. The molecule has 2 aliphatic carbocycles. The van der Waals surface area contributed by atoms with Crippen LogP contribution >= 0.6 is 0 Å². The molecule has 0 saturated carbocycles. The van der Waals surface area contributed by atoms with Gasteiger partial charge in [-0.3, -0.25) is 0 Å². The lowest BCUT2D eigenvalue weighted by Crippen LogP contribution is -2.04. The van der Waals surface area contributed by atoms with Crippen LogP contribution in [0.15, 0.2) is 36.6 Å². The summed E-state index contributed by atoms with van der Waals surface area (Å²) in [6, 6.07) is 8.48. The monoisotopic (exact) mass is 192 g/mol. The molecular weight excluding hydrogens is 180 g/mol. The molecule has 0 aromatic heterocycles. The fourth-order valence-electron chi connectivity index (χ4n) is 0.873. The van der Waals surface area contributed by atoms with Gasteiger partial charge in [0.25, 0.3) is 0 Å². The van der Waals surface area contributed by atoms with Gasteiger partial charge in [-0.15, -0.1) is 0 Å². The molecule has 0 aromatic rings. The Bertz CT molecular complexity index is 324. The lowest BCUT2D eigenvalue weighted by Gasteiger charge is -1.98. The summed E-state index contributed by atoms with van der Waals surface area (Å²) in [7, 11) is 2.63. The van der Waals surface area contributed by atoms with Crippen LogP contribution in [0, 0.1) is 0 Å². The third kappa shape index (κ3) is 2.62. The Labute approximate surface area is 83.0 Å². The highest BCUT2D eigenvalue weighted by Gasteiger charge is 2.07. The van der Waals surface area contributed by atoms with Crippen molar-refractivity contribution in [3.05, 3.63) is 36.6 Å². The molecule has 14 heavy (non-hydrogen) atoms. The Morgan fingerprint density at radius 3 is 1.93 bits per heavy atom. The number of carbonyl (C=O) groups excluding carboxylic acids is 1. The number of fused-ring (bicyclic) bond motifs is 1. The van der Waals surface area contributed by atoms with Gasteiger partial charge in [-0.05, 0) is 23.8 Å². The van der Waals surface area contributed by atoms with Gasteiger partial charge in [0.05, 0.1) is 14.2 Å². The molecule has 0 unspecified atom stereocenters.